The highest BCUT2D eigenvalue weighted by Crippen LogP contribution is 2.28. The van der Waals surface area contributed by atoms with Gasteiger partial charge in [0, 0.05) is 31.4 Å². The van der Waals surface area contributed by atoms with Gasteiger partial charge in [0.1, 0.15) is 17.3 Å². The lowest BCUT2D eigenvalue weighted by atomic mass is 10.1. The molecule has 0 aromatic heterocycles. The highest BCUT2D eigenvalue weighted by Gasteiger charge is 2.27. The van der Waals surface area contributed by atoms with E-state index < -0.39 is 15.8 Å². The van der Waals surface area contributed by atoms with Crippen molar-refractivity contribution in [2.45, 2.75) is 17.9 Å². The molecular formula is C25H26FN3O5S. The van der Waals surface area contributed by atoms with Gasteiger partial charge in [0.25, 0.3) is 10.0 Å². The highest BCUT2D eigenvalue weighted by atomic mass is 32.2. The largest absolute Gasteiger partial charge is 0.497 e. The predicted molar refractivity (Wildman–Crippen MR) is 131 cm³/mol. The number of amides is 2. The van der Waals surface area contributed by atoms with Crippen LogP contribution in [-0.4, -0.2) is 46.7 Å². The topological polar surface area (TPSA) is 88.2 Å². The minimum Gasteiger partial charge on any atom is -0.497 e. The SMILES string of the molecule is COc1cc(CN2CCCN(c3cccc(NS(=O)(=O)c4ccc(F)cc4)c3)C2=O)cc(OC)c1. The molecule has 184 valence electrons. The molecule has 2 amide bonds. The van der Waals surface area contributed by atoms with E-state index in [1.54, 1.807) is 54.4 Å². The van der Waals surface area contributed by atoms with E-state index in [9.17, 15) is 17.6 Å². The number of carbonyl (C=O) groups is 1. The van der Waals surface area contributed by atoms with Gasteiger partial charge in [0.2, 0.25) is 0 Å². The van der Waals surface area contributed by atoms with Crippen LogP contribution in [0, 0.1) is 5.82 Å². The number of sulfonamides is 1. The van der Waals surface area contributed by atoms with Gasteiger partial charge in [-0.15, -0.1) is 0 Å². The fourth-order valence-corrected chi connectivity index (χ4v) is 4.96. The Morgan fingerprint density at radius 3 is 2.29 bits per heavy atom. The number of nitrogens with one attached hydrogen (secondary N) is 1. The maximum atomic E-state index is 13.3. The van der Waals surface area contributed by atoms with Crippen LogP contribution in [0.3, 0.4) is 0 Å². The third kappa shape index (κ3) is 5.65. The molecule has 1 fully saturated rings. The summed E-state index contributed by atoms with van der Waals surface area (Å²) in [5.74, 6) is 0.759. The van der Waals surface area contributed by atoms with Gasteiger partial charge < -0.3 is 14.4 Å². The van der Waals surface area contributed by atoms with E-state index in [2.05, 4.69) is 4.72 Å². The average molecular weight is 500 g/mol. The molecule has 1 aliphatic heterocycles. The van der Waals surface area contributed by atoms with E-state index in [4.69, 9.17) is 9.47 Å². The average Bonchev–Trinajstić information content (AvgIpc) is 2.85. The van der Waals surface area contributed by atoms with Crippen molar-refractivity contribution in [2.24, 2.45) is 0 Å². The number of anilines is 2. The van der Waals surface area contributed by atoms with Gasteiger partial charge in [-0.1, -0.05) is 6.07 Å². The van der Waals surface area contributed by atoms with E-state index in [1.807, 2.05) is 12.1 Å². The van der Waals surface area contributed by atoms with E-state index in [0.29, 0.717) is 42.5 Å². The number of nitrogens with zero attached hydrogens (tertiary/aromatic N) is 2. The number of ether oxygens (including phenoxy) is 2. The number of urea groups is 1. The van der Waals surface area contributed by atoms with Crippen LogP contribution >= 0.6 is 0 Å². The first-order valence-corrected chi connectivity index (χ1v) is 12.4. The molecule has 1 saturated heterocycles. The highest BCUT2D eigenvalue weighted by molar-refractivity contribution is 7.92. The first-order valence-electron chi connectivity index (χ1n) is 11.0. The van der Waals surface area contributed by atoms with E-state index in [-0.39, 0.29) is 10.9 Å². The lowest BCUT2D eigenvalue weighted by Gasteiger charge is -2.36. The monoisotopic (exact) mass is 499 g/mol. The minimum absolute atomic E-state index is 0.0572. The van der Waals surface area contributed by atoms with Gasteiger partial charge in [0.05, 0.1) is 24.8 Å². The maximum Gasteiger partial charge on any atom is 0.324 e. The molecule has 0 atom stereocenters. The zero-order valence-corrected chi connectivity index (χ0v) is 20.2. The number of halogens is 1. The molecule has 0 radical (unpaired) electrons. The van der Waals surface area contributed by atoms with Gasteiger partial charge in [-0.25, -0.2) is 17.6 Å². The summed E-state index contributed by atoms with van der Waals surface area (Å²) < 4.78 is 51.7. The van der Waals surface area contributed by atoms with Crippen LogP contribution < -0.4 is 19.1 Å². The van der Waals surface area contributed by atoms with Crippen molar-refractivity contribution in [1.82, 2.24) is 4.90 Å². The third-order valence-electron chi connectivity index (χ3n) is 5.63. The Morgan fingerprint density at radius 2 is 1.63 bits per heavy atom. The molecule has 4 rings (SSSR count). The summed E-state index contributed by atoms with van der Waals surface area (Å²) in [6.45, 7) is 1.47. The van der Waals surface area contributed by atoms with Crippen LogP contribution in [0.25, 0.3) is 0 Å². The van der Waals surface area contributed by atoms with Crippen LogP contribution in [0.15, 0.2) is 71.6 Å². The predicted octanol–water partition coefficient (Wildman–Crippen LogP) is 4.48. The van der Waals surface area contributed by atoms with E-state index in [1.165, 1.54) is 12.1 Å². The van der Waals surface area contributed by atoms with Crippen molar-refractivity contribution in [3.05, 3.63) is 78.1 Å². The lowest BCUT2D eigenvalue weighted by molar-refractivity contribution is 0.192. The van der Waals surface area contributed by atoms with Gasteiger partial charge in [-0.2, -0.15) is 0 Å². The molecule has 3 aromatic carbocycles. The second kappa shape index (κ2) is 10.2. The normalized spacial score (nSPS) is 14.1. The summed E-state index contributed by atoms with van der Waals surface area (Å²) >= 11 is 0. The fourth-order valence-electron chi connectivity index (χ4n) is 3.91. The Balaban J connectivity index is 1.52. The number of benzene rings is 3. The Hall–Kier alpha value is -3.79. The maximum absolute atomic E-state index is 13.3. The Labute approximate surface area is 203 Å². The van der Waals surface area contributed by atoms with Crippen molar-refractivity contribution in [1.29, 1.82) is 0 Å². The zero-order chi connectivity index (χ0) is 25.0. The molecule has 8 nitrogen and oxygen atoms in total. The van der Waals surface area contributed by atoms with Crippen molar-refractivity contribution in [3.63, 3.8) is 0 Å². The summed E-state index contributed by atoms with van der Waals surface area (Å²) in [6.07, 6.45) is 0.748. The second-order valence-electron chi connectivity index (χ2n) is 8.04. The van der Waals surface area contributed by atoms with E-state index >= 15 is 0 Å². The molecule has 1 heterocycles. The molecule has 0 unspecified atom stereocenters. The van der Waals surface area contributed by atoms with Gasteiger partial charge in [-0.3, -0.25) is 9.62 Å². The minimum atomic E-state index is -3.91. The molecule has 3 aromatic rings. The van der Waals surface area contributed by atoms with Gasteiger partial charge >= 0.3 is 6.03 Å². The fraction of sp³-hybridized carbons (Fsp3) is 0.240. The summed E-state index contributed by atoms with van der Waals surface area (Å²) in [7, 11) is -0.764. The second-order valence-corrected chi connectivity index (χ2v) is 9.72. The summed E-state index contributed by atoms with van der Waals surface area (Å²) in [6, 6.07) is 16.5. The lowest BCUT2D eigenvalue weighted by Crippen LogP contribution is -2.49. The molecular weight excluding hydrogens is 473 g/mol. The van der Waals surface area contributed by atoms with Crippen LogP contribution in [0.1, 0.15) is 12.0 Å². The molecule has 0 bridgehead atoms. The van der Waals surface area contributed by atoms with Crippen LogP contribution in [0.5, 0.6) is 11.5 Å². The van der Waals surface area contributed by atoms with Crippen molar-refractivity contribution >= 4 is 27.4 Å². The number of hydrogen-bond acceptors (Lipinski definition) is 5. The smallest absolute Gasteiger partial charge is 0.324 e. The quantitative estimate of drug-likeness (QED) is 0.494. The Morgan fingerprint density at radius 1 is 0.943 bits per heavy atom. The third-order valence-corrected chi connectivity index (χ3v) is 7.03. The molecule has 0 saturated carbocycles. The standard InChI is InChI=1S/C25H26FN3O5S/c1-33-22-13-18(14-23(16-22)34-2)17-28-11-4-12-29(25(28)30)21-6-3-5-20(15-21)27-35(31,32)24-9-7-19(26)8-10-24/h3,5-10,13-16,27H,4,11-12,17H2,1-2H3. The molecule has 10 heteroatoms. The van der Waals surface area contributed by atoms with Gasteiger partial charge in [-0.05, 0) is 66.6 Å². The van der Waals surface area contributed by atoms with Crippen molar-refractivity contribution < 1.29 is 27.1 Å². The number of carbonyl (C=O) groups excluding carboxylic acids is 1. The molecule has 35 heavy (non-hydrogen) atoms. The first kappa shape index (κ1) is 24.3. The Kier molecular flexibility index (Phi) is 7.11. The van der Waals surface area contributed by atoms with Crippen LogP contribution in [-0.2, 0) is 16.6 Å². The van der Waals surface area contributed by atoms with Crippen molar-refractivity contribution in [2.75, 3.05) is 36.9 Å². The summed E-state index contributed by atoms with van der Waals surface area (Å²) in [4.78, 5) is 16.6. The first-order chi connectivity index (χ1) is 16.8. The van der Waals surface area contributed by atoms with Crippen LogP contribution in [0.2, 0.25) is 0 Å². The summed E-state index contributed by atoms with van der Waals surface area (Å²) in [5, 5.41) is 0. The molecule has 0 aliphatic carbocycles. The number of hydrogen-bond donors (Lipinski definition) is 1. The van der Waals surface area contributed by atoms with E-state index in [0.717, 1.165) is 24.1 Å². The molecule has 0 spiro atoms. The van der Waals surface area contributed by atoms with Gasteiger partial charge in [0.15, 0.2) is 0 Å². The summed E-state index contributed by atoms with van der Waals surface area (Å²) in [5.41, 5.74) is 1.74. The Bertz CT molecular complexity index is 1290. The van der Waals surface area contributed by atoms with Crippen molar-refractivity contribution in [3.8, 4) is 11.5 Å². The van der Waals surface area contributed by atoms with Crippen LogP contribution in [0.4, 0.5) is 20.6 Å². The number of rotatable bonds is 8. The number of methoxy groups -OCH3 is 2. The molecule has 1 aliphatic rings. The zero-order valence-electron chi connectivity index (χ0n) is 19.4. The molecule has 1 N–H and O–H groups in total.